The van der Waals surface area contributed by atoms with Crippen molar-refractivity contribution >= 4 is 11.6 Å². The van der Waals surface area contributed by atoms with Crippen molar-refractivity contribution in [1.29, 1.82) is 0 Å². The normalized spacial score (nSPS) is 13.7. The Labute approximate surface area is 62.3 Å². The Morgan fingerprint density at radius 2 is 2.22 bits per heavy atom. The highest BCUT2D eigenvalue weighted by Gasteiger charge is 1.97. The predicted octanol–water partition coefficient (Wildman–Crippen LogP) is 2.43. The highest BCUT2D eigenvalue weighted by molar-refractivity contribution is 6.17. The van der Waals surface area contributed by atoms with Gasteiger partial charge >= 0.3 is 0 Å². The first-order valence-electron chi connectivity index (χ1n) is 3.48. The topological polar surface area (TPSA) is 9.23 Å². The number of alkyl halides is 1. The summed E-state index contributed by atoms with van der Waals surface area (Å²) in [7, 11) is 0. The SMILES string of the molecule is CCOC(C)CCCCl. The molecular weight excluding hydrogens is 136 g/mol. The van der Waals surface area contributed by atoms with E-state index in [9.17, 15) is 0 Å². The molecule has 0 aliphatic carbocycles. The summed E-state index contributed by atoms with van der Waals surface area (Å²) in [6.07, 6.45) is 2.52. The quantitative estimate of drug-likeness (QED) is 0.547. The summed E-state index contributed by atoms with van der Waals surface area (Å²) in [5, 5.41) is 0. The molecule has 0 radical (unpaired) electrons. The maximum atomic E-state index is 5.49. The van der Waals surface area contributed by atoms with Gasteiger partial charge in [-0.05, 0) is 26.7 Å². The molecule has 0 heterocycles. The molecule has 0 saturated carbocycles. The van der Waals surface area contributed by atoms with Gasteiger partial charge < -0.3 is 4.74 Å². The Hall–Kier alpha value is 0.250. The maximum Gasteiger partial charge on any atom is 0.0547 e. The molecule has 0 spiro atoms. The number of hydrogen-bond donors (Lipinski definition) is 0. The van der Waals surface area contributed by atoms with Gasteiger partial charge in [0.15, 0.2) is 0 Å². The minimum absolute atomic E-state index is 0.383. The fourth-order valence-corrected chi connectivity index (χ4v) is 0.887. The van der Waals surface area contributed by atoms with Gasteiger partial charge in [-0.25, -0.2) is 0 Å². The minimum Gasteiger partial charge on any atom is -0.379 e. The number of ether oxygens (including phenoxy) is 1. The lowest BCUT2D eigenvalue weighted by atomic mass is 10.2. The summed E-state index contributed by atoms with van der Waals surface area (Å²) in [6.45, 7) is 4.90. The second-order valence-corrected chi connectivity index (χ2v) is 2.48. The molecule has 0 bridgehead atoms. The van der Waals surface area contributed by atoms with Crippen molar-refractivity contribution < 1.29 is 4.74 Å². The van der Waals surface area contributed by atoms with E-state index in [0.717, 1.165) is 25.3 Å². The van der Waals surface area contributed by atoms with Crippen LogP contribution >= 0.6 is 11.6 Å². The van der Waals surface area contributed by atoms with E-state index in [2.05, 4.69) is 6.92 Å². The zero-order valence-electron chi connectivity index (χ0n) is 6.19. The average Bonchev–Trinajstić information content (AvgIpc) is 1.85. The molecule has 0 aromatic heterocycles. The number of halogens is 1. The lowest BCUT2D eigenvalue weighted by Gasteiger charge is -2.08. The van der Waals surface area contributed by atoms with E-state index in [1.165, 1.54) is 0 Å². The van der Waals surface area contributed by atoms with Crippen LogP contribution in [0.3, 0.4) is 0 Å². The van der Waals surface area contributed by atoms with Crippen molar-refractivity contribution in [2.24, 2.45) is 0 Å². The molecule has 0 saturated heterocycles. The van der Waals surface area contributed by atoms with Gasteiger partial charge in [0.2, 0.25) is 0 Å². The van der Waals surface area contributed by atoms with E-state index >= 15 is 0 Å². The van der Waals surface area contributed by atoms with Crippen LogP contribution in [0.2, 0.25) is 0 Å². The molecule has 0 rings (SSSR count). The first kappa shape index (κ1) is 9.25. The molecule has 2 heteroatoms. The Morgan fingerprint density at radius 3 is 2.67 bits per heavy atom. The molecule has 0 fully saturated rings. The maximum absolute atomic E-state index is 5.49. The van der Waals surface area contributed by atoms with Crippen LogP contribution < -0.4 is 0 Å². The zero-order chi connectivity index (χ0) is 7.11. The van der Waals surface area contributed by atoms with Crippen molar-refractivity contribution in [1.82, 2.24) is 0 Å². The highest BCUT2D eigenvalue weighted by atomic mass is 35.5. The van der Waals surface area contributed by atoms with Crippen LogP contribution in [-0.2, 0) is 4.74 Å². The summed E-state index contributed by atoms with van der Waals surface area (Å²) in [4.78, 5) is 0. The second kappa shape index (κ2) is 6.37. The van der Waals surface area contributed by atoms with Gasteiger partial charge in [-0.1, -0.05) is 0 Å². The van der Waals surface area contributed by atoms with Gasteiger partial charge in [0, 0.05) is 12.5 Å². The molecule has 0 N–H and O–H groups in total. The third kappa shape index (κ3) is 6.13. The van der Waals surface area contributed by atoms with Crippen LogP contribution in [0.25, 0.3) is 0 Å². The molecule has 9 heavy (non-hydrogen) atoms. The molecule has 1 unspecified atom stereocenters. The van der Waals surface area contributed by atoms with Gasteiger partial charge in [-0.3, -0.25) is 0 Å². The van der Waals surface area contributed by atoms with Crippen molar-refractivity contribution in [2.45, 2.75) is 32.8 Å². The Kier molecular flexibility index (Phi) is 6.55. The summed E-state index contributed by atoms with van der Waals surface area (Å²) in [6, 6.07) is 0. The molecule has 1 atom stereocenters. The smallest absolute Gasteiger partial charge is 0.0547 e. The van der Waals surface area contributed by atoms with E-state index in [4.69, 9.17) is 16.3 Å². The number of hydrogen-bond acceptors (Lipinski definition) is 1. The largest absolute Gasteiger partial charge is 0.379 e. The first-order chi connectivity index (χ1) is 4.31. The van der Waals surface area contributed by atoms with Gasteiger partial charge in [0.05, 0.1) is 6.10 Å². The first-order valence-corrected chi connectivity index (χ1v) is 4.02. The third-order valence-corrected chi connectivity index (χ3v) is 1.46. The monoisotopic (exact) mass is 150 g/mol. The van der Waals surface area contributed by atoms with Crippen LogP contribution in [0.15, 0.2) is 0 Å². The Balaban J connectivity index is 2.95. The molecule has 56 valence electrons. The molecule has 0 amide bonds. The summed E-state index contributed by atoms with van der Waals surface area (Å²) >= 11 is 5.49. The summed E-state index contributed by atoms with van der Waals surface area (Å²) < 4.78 is 5.29. The standard InChI is InChI=1S/C7H15ClO/c1-3-9-7(2)5-4-6-8/h7H,3-6H2,1-2H3. The van der Waals surface area contributed by atoms with Crippen LogP contribution in [0.1, 0.15) is 26.7 Å². The fraction of sp³-hybridized carbons (Fsp3) is 1.00. The molecule has 0 aliphatic heterocycles. The van der Waals surface area contributed by atoms with Gasteiger partial charge in [-0.2, -0.15) is 0 Å². The van der Waals surface area contributed by atoms with Gasteiger partial charge in [0.25, 0.3) is 0 Å². The zero-order valence-corrected chi connectivity index (χ0v) is 6.95. The fourth-order valence-electron chi connectivity index (χ4n) is 0.732. The van der Waals surface area contributed by atoms with Crippen molar-refractivity contribution in [3.63, 3.8) is 0 Å². The van der Waals surface area contributed by atoms with Crippen molar-refractivity contribution in [3.05, 3.63) is 0 Å². The lowest BCUT2D eigenvalue weighted by molar-refractivity contribution is 0.0700. The van der Waals surface area contributed by atoms with E-state index in [0.29, 0.717) is 6.10 Å². The summed E-state index contributed by atoms with van der Waals surface area (Å²) in [5.41, 5.74) is 0. The van der Waals surface area contributed by atoms with E-state index in [1.807, 2.05) is 6.92 Å². The number of rotatable bonds is 5. The Bertz CT molecular complexity index is 56.9. The van der Waals surface area contributed by atoms with E-state index in [-0.39, 0.29) is 0 Å². The average molecular weight is 151 g/mol. The second-order valence-electron chi connectivity index (χ2n) is 2.10. The van der Waals surface area contributed by atoms with E-state index < -0.39 is 0 Å². The van der Waals surface area contributed by atoms with Crippen LogP contribution in [0.5, 0.6) is 0 Å². The van der Waals surface area contributed by atoms with Crippen LogP contribution in [-0.4, -0.2) is 18.6 Å². The summed E-state index contributed by atoms with van der Waals surface area (Å²) in [5.74, 6) is 0.747. The van der Waals surface area contributed by atoms with Crippen LogP contribution in [0, 0.1) is 0 Å². The minimum atomic E-state index is 0.383. The molecule has 0 aliphatic rings. The molecule has 0 aromatic carbocycles. The predicted molar refractivity (Wildman–Crippen MR) is 41.0 cm³/mol. The van der Waals surface area contributed by atoms with Gasteiger partial charge in [-0.15, -0.1) is 11.6 Å². The lowest BCUT2D eigenvalue weighted by Crippen LogP contribution is -2.07. The van der Waals surface area contributed by atoms with Gasteiger partial charge in [0.1, 0.15) is 0 Å². The van der Waals surface area contributed by atoms with E-state index in [1.54, 1.807) is 0 Å². The van der Waals surface area contributed by atoms with Crippen molar-refractivity contribution in [2.75, 3.05) is 12.5 Å². The highest BCUT2D eigenvalue weighted by Crippen LogP contribution is 2.01. The molecule has 0 aromatic rings. The third-order valence-electron chi connectivity index (χ3n) is 1.20. The molecule has 1 nitrogen and oxygen atoms in total. The van der Waals surface area contributed by atoms with Crippen molar-refractivity contribution in [3.8, 4) is 0 Å². The Morgan fingerprint density at radius 1 is 1.56 bits per heavy atom. The van der Waals surface area contributed by atoms with Crippen LogP contribution in [0.4, 0.5) is 0 Å². The molecular formula is C7H15ClO.